The van der Waals surface area contributed by atoms with Crippen LogP contribution in [0.5, 0.6) is 0 Å². The lowest BCUT2D eigenvalue weighted by atomic mass is 10.1. The molecule has 1 aromatic carbocycles. The normalized spacial score (nSPS) is 16.2. The van der Waals surface area contributed by atoms with Crippen molar-refractivity contribution in [3.8, 4) is 0 Å². The molecule has 1 atom stereocenters. The second-order valence-corrected chi connectivity index (χ2v) is 5.68. The highest BCUT2D eigenvalue weighted by Crippen LogP contribution is 2.30. The van der Waals surface area contributed by atoms with Crippen molar-refractivity contribution in [3.05, 3.63) is 59.4 Å². The van der Waals surface area contributed by atoms with Gasteiger partial charge in [-0.15, -0.1) is 0 Å². The zero-order valence-electron chi connectivity index (χ0n) is 13.4. The maximum absolute atomic E-state index is 13.6. The van der Waals surface area contributed by atoms with Crippen molar-refractivity contribution in [1.82, 2.24) is 15.2 Å². The molecule has 3 amide bonds. The SMILES string of the molecule is CC1c2ncccc2NC(=O)N1CC(=O)NCc1ccc(F)cc1F. The monoisotopic (exact) mass is 346 g/mol. The van der Waals surface area contributed by atoms with Gasteiger partial charge in [0.05, 0.1) is 17.4 Å². The molecular formula is C17H16F2N4O2. The van der Waals surface area contributed by atoms with Gasteiger partial charge in [0.1, 0.15) is 18.2 Å². The summed E-state index contributed by atoms with van der Waals surface area (Å²) in [6.45, 7) is 1.48. The Balaban J connectivity index is 1.64. The van der Waals surface area contributed by atoms with Crippen LogP contribution in [0.4, 0.5) is 19.3 Å². The molecule has 1 aliphatic rings. The topological polar surface area (TPSA) is 74.3 Å². The fourth-order valence-electron chi connectivity index (χ4n) is 2.64. The molecule has 6 nitrogen and oxygen atoms in total. The molecule has 130 valence electrons. The lowest BCUT2D eigenvalue weighted by Crippen LogP contribution is -2.46. The number of halogens is 2. The Hall–Kier alpha value is -3.03. The average molecular weight is 346 g/mol. The summed E-state index contributed by atoms with van der Waals surface area (Å²) in [6, 6.07) is 5.81. The van der Waals surface area contributed by atoms with Crippen LogP contribution < -0.4 is 10.6 Å². The van der Waals surface area contributed by atoms with Gasteiger partial charge in [-0.25, -0.2) is 13.6 Å². The molecule has 3 rings (SSSR count). The molecule has 0 spiro atoms. The molecule has 1 unspecified atom stereocenters. The third-order valence-corrected chi connectivity index (χ3v) is 4.01. The lowest BCUT2D eigenvalue weighted by Gasteiger charge is -2.33. The van der Waals surface area contributed by atoms with Gasteiger partial charge in [0, 0.05) is 24.4 Å². The van der Waals surface area contributed by atoms with E-state index in [9.17, 15) is 18.4 Å². The minimum Gasteiger partial charge on any atom is -0.350 e. The molecule has 1 aliphatic heterocycles. The van der Waals surface area contributed by atoms with Crippen LogP contribution in [-0.4, -0.2) is 28.4 Å². The van der Waals surface area contributed by atoms with E-state index in [1.807, 2.05) is 0 Å². The highest BCUT2D eigenvalue weighted by molar-refractivity contribution is 5.95. The Kier molecular flexibility index (Phi) is 4.60. The zero-order valence-corrected chi connectivity index (χ0v) is 13.4. The molecule has 2 heterocycles. The van der Waals surface area contributed by atoms with Crippen LogP contribution in [0.2, 0.25) is 0 Å². The Morgan fingerprint density at radius 1 is 1.36 bits per heavy atom. The lowest BCUT2D eigenvalue weighted by molar-refractivity contribution is -0.122. The fourth-order valence-corrected chi connectivity index (χ4v) is 2.64. The van der Waals surface area contributed by atoms with Crippen LogP contribution in [0.15, 0.2) is 36.5 Å². The summed E-state index contributed by atoms with van der Waals surface area (Å²) in [5, 5.41) is 5.21. The Morgan fingerprint density at radius 3 is 2.92 bits per heavy atom. The summed E-state index contributed by atoms with van der Waals surface area (Å²) < 4.78 is 26.5. The average Bonchev–Trinajstić information content (AvgIpc) is 2.58. The third kappa shape index (κ3) is 3.57. The van der Waals surface area contributed by atoms with Gasteiger partial charge in [0.25, 0.3) is 0 Å². The first-order valence-electron chi connectivity index (χ1n) is 7.69. The second kappa shape index (κ2) is 6.84. The van der Waals surface area contributed by atoms with Gasteiger partial charge in [0.2, 0.25) is 5.91 Å². The summed E-state index contributed by atoms with van der Waals surface area (Å²) >= 11 is 0. The van der Waals surface area contributed by atoms with E-state index in [1.54, 1.807) is 25.3 Å². The predicted molar refractivity (Wildman–Crippen MR) is 86.6 cm³/mol. The van der Waals surface area contributed by atoms with E-state index in [-0.39, 0.29) is 24.7 Å². The summed E-state index contributed by atoms with van der Waals surface area (Å²) in [4.78, 5) is 29.9. The number of pyridine rings is 1. The number of rotatable bonds is 4. The summed E-state index contributed by atoms with van der Waals surface area (Å²) in [5.74, 6) is -1.87. The Bertz CT molecular complexity index is 828. The highest BCUT2D eigenvalue weighted by Gasteiger charge is 2.31. The number of benzene rings is 1. The number of hydrogen-bond acceptors (Lipinski definition) is 3. The van der Waals surface area contributed by atoms with Crippen LogP contribution in [0, 0.1) is 11.6 Å². The van der Waals surface area contributed by atoms with Crippen molar-refractivity contribution < 1.29 is 18.4 Å². The smallest absolute Gasteiger partial charge is 0.322 e. The summed E-state index contributed by atoms with van der Waals surface area (Å²) in [6.07, 6.45) is 1.61. The minimum absolute atomic E-state index is 0.0936. The fraction of sp³-hybridized carbons (Fsp3) is 0.235. The molecule has 25 heavy (non-hydrogen) atoms. The van der Waals surface area contributed by atoms with Crippen LogP contribution >= 0.6 is 0 Å². The largest absolute Gasteiger partial charge is 0.350 e. The van der Waals surface area contributed by atoms with Crippen molar-refractivity contribution in [1.29, 1.82) is 0 Å². The zero-order chi connectivity index (χ0) is 18.0. The number of urea groups is 1. The maximum atomic E-state index is 13.6. The van der Waals surface area contributed by atoms with E-state index in [0.717, 1.165) is 12.1 Å². The van der Waals surface area contributed by atoms with Crippen molar-refractivity contribution in [2.75, 3.05) is 11.9 Å². The van der Waals surface area contributed by atoms with Gasteiger partial charge >= 0.3 is 6.03 Å². The Labute approximate surface area is 142 Å². The number of carbonyl (C=O) groups is 2. The van der Waals surface area contributed by atoms with Gasteiger partial charge in [-0.2, -0.15) is 0 Å². The number of carbonyl (C=O) groups excluding carboxylic acids is 2. The Morgan fingerprint density at radius 2 is 2.16 bits per heavy atom. The van der Waals surface area contributed by atoms with E-state index in [0.29, 0.717) is 11.4 Å². The molecule has 0 fully saturated rings. The van der Waals surface area contributed by atoms with Crippen molar-refractivity contribution in [2.45, 2.75) is 19.5 Å². The highest BCUT2D eigenvalue weighted by atomic mass is 19.1. The van der Waals surface area contributed by atoms with Crippen LogP contribution in [0.1, 0.15) is 24.2 Å². The van der Waals surface area contributed by atoms with Crippen LogP contribution in [0.3, 0.4) is 0 Å². The molecule has 2 aromatic rings. The second-order valence-electron chi connectivity index (χ2n) is 5.68. The van der Waals surface area contributed by atoms with E-state index in [1.165, 1.54) is 11.0 Å². The van der Waals surface area contributed by atoms with Crippen LogP contribution in [0.25, 0.3) is 0 Å². The van der Waals surface area contributed by atoms with Gasteiger partial charge in [-0.05, 0) is 25.1 Å². The molecule has 0 bridgehead atoms. The van der Waals surface area contributed by atoms with Crippen molar-refractivity contribution in [2.24, 2.45) is 0 Å². The first kappa shape index (κ1) is 16.8. The number of amides is 3. The molecule has 0 saturated carbocycles. The van der Waals surface area contributed by atoms with E-state index in [2.05, 4.69) is 15.6 Å². The summed E-state index contributed by atoms with van der Waals surface area (Å²) in [7, 11) is 0. The quantitative estimate of drug-likeness (QED) is 0.894. The van der Waals surface area contributed by atoms with Crippen molar-refractivity contribution >= 4 is 17.6 Å². The molecule has 0 radical (unpaired) electrons. The molecule has 1 aromatic heterocycles. The van der Waals surface area contributed by atoms with E-state index in [4.69, 9.17) is 0 Å². The summed E-state index contributed by atoms with van der Waals surface area (Å²) in [5.41, 5.74) is 1.45. The van der Waals surface area contributed by atoms with E-state index < -0.39 is 23.6 Å². The number of fused-ring (bicyclic) bond motifs is 1. The molecule has 8 heteroatoms. The first-order chi connectivity index (χ1) is 12.0. The third-order valence-electron chi connectivity index (χ3n) is 4.01. The molecular weight excluding hydrogens is 330 g/mol. The van der Waals surface area contributed by atoms with Crippen molar-refractivity contribution in [3.63, 3.8) is 0 Å². The van der Waals surface area contributed by atoms with Gasteiger partial charge in [-0.3, -0.25) is 9.78 Å². The predicted octanol–water partition coefficient (Wildman–Crippen LogP) is 2.58. The maximum Gasteiger partial charge on any atom is 0.322 e. The molecule has 2 N–H and O–H groups in total. The van der Waals surface area contributed by atoms with Gasteiger partial charge in [0.15, 0.2) is 0 Å². The van der Waals surface area contributed by atoms with E-state index >= 15 is 0 Å². The molecule has 0 aliphatic carbocycles. The standard InChI is InChI=1S/C17H16F2N4O2/c1-10-16-14(3-2-6-20-16)22-17(25)23(10)9-15(24)21-8-11-4-5-12(18)7-13(11)19/h2-7,10H,8-9H2,1H3,(H,21,24)(H,22,25). The van der Waals surface area contributed by atoms with Gasteiger partial charge in [-0.1, -0.05) is 6.07 Å². The first-order valence-corrected chi connectivity index (χ1v) is 7.69. The number of hydrogen-bond donors (Lipinski definition) is 2. The minimum atomic E-state index is -0.734. The number of anilines is 1. The van der Waals surface area contributed by atoms with Crippen LogP contribution in [-0.2, 0) is 11.3 Å². The number of nitrogens with one attached hydrogen (secondary N) is 2. The molecule has 0 saturated heterocycles. The number of nitrogens with zero attached hydrogens (tertiary/aromatic N) is 2. The van der Waals surface area contributed by atoms with Gasteiger partial charge < -0.3 is 15.5 Å². The number of aromatic nitrogens is 1.